The van der Waals surface area contributed by atoms with Crippen molar-refractivity contribution >= 4 is 0 Å². The molecule has 0 spiro atoms. The van der Waals surface area contributed by atoms with Gasteiger partial charge in [0.05, 0.1) is 31.1 Å². The van der Waals surface area contributed by atoms with E-state index in [1.807, 2.05) is 16.9 Å². The van der Waals surface area contributed by atoms with E-state index < -0.39 is 0 Å². The van der Waals surface area contributed by atoms with Crippen molar-refractivity contribution < 1.29 is 9.47 Å². The molecule has 0 radical (unpaired) electrons. The van der Waals surface area contributed by atoms with Crippen LogP contribution in [0.5, 0.6) is 0 Å². The third-order valence-corrected chi connectivity index (χ3v) is 2.43. The first kappa shape index (κ1) is 15.1. The standard InChI is InChI=1S/C13H25N3O2/c1-13(2,3)18-10-8-16-12(5-6-15-16)11-14-7-9-17-4/h5-6,14H,7-11H2,1-4H3. The van der Waals surface area contributed by atoms with E-state index in [2.05, 4.69) is 31.2 Å². The Kier molecular flexibility index (Phi) is 6.32. The largest absolute Gasteiger partial charge is 0.383 e. The molecule has 1 rings (SSSR count). The smallest absolute Gasteiger partial charge is 0.0669 e. The summed E-state index contributed by atoms with van der Waals surface area (Å²) in [4.78, 5) is 0. The normalized spacial score (nSPS) is 12.0. The quantitative estimate of drug-likeness (QED) is 0.714. The summed E-state index contributed by atoms with van der Waals surface area (Å²) in [5.74, 6) is 0. The molecule has 0 atom stereocenters. The second-order valence-corrected chi connectivity index (χ2v) is 5.18. The predicted molar refractivity (Wildman–Crippen MR) is 71.5 cm³/mol. The Hall–Kier alpha value is -0.910. The number of nitrogens with one attached hydrogen (secondary N) is 1. The molecule has 0 amide bonds. The Labute approximate surface area is 109 Å². The Morgan fingerprint density at radius 1 is 1.33 bits per heavy atom. The molecule has 1 aromatic rings. The lowest BCUT2D eigenvalue weighted by Gasteiger charge is -2.19. The van der Waals surface area contributed by atoms with E-state index in [4.69, 9.17) is 9.47 Å². The number of ether oxygens (including phenoxy) is 2. The summed E-state index contributed by atoms with van der Waals surface area (Å²) in [5, 5.41) is 7.61. The van der Waals surface area contributed by atoms with E-state index in [0.29, 0.717) is 6.61 Å². The Morgan fingerprint density at radius 2 is 2.11 bits per heavy atom. The fraction of sp³-hybridized carbons (Fsp3) is 0.769. The van der Waals surface area contributed by atoms with Crippen molar-refractivity contribution in [3.8, 4) is 0 Å². The van der Waals surface area contributed by atoms with Crippen molar-refractivity contribution in [3.63, 3.8) is 0 Å². The molecule has 1 heterocycles. The van der Waals surface area contributed by atoms with Crippen LogP contribution in [0.15, 0.2) is 12.3 Å². The molecule has 0 aliphatic heterocycles. The van der Waals surface area contributed by atoms with E-state index in [-0.39, 0.29) is 5.60 Å². The van der Waals surface area contributed by atoms with Gasteiger partial charge in [0.2, 0.25) is 0 Å². The van der Waals surface area contributed by atoms with Crippen LogP contribution in [0.1, 0.15) is 26.5 Å². The van der Waals surface area contributed by atoms with Crippen LogP contribution in [0.3, 0.4) is 0 Å². The lowest BCUT2D eigenvalue weighted by Crippen LogP contribution is -2.24. The molecular formula is C13H25N3O2. The zero-order chi connectivity index (χ0) is 13.4. The minimum atomic E-state index is -0.0932. The van der Waals surface area contributed by atoms with E-state index in [1.54, 1.807) is 7.11 Å². The first-order chi connectivity index (χ1) is 8.53. The van der Waals surface area contributed by atoms with Gasteiger partial charge < -0.3 is 14.8 Å². The van der Waals surface area contributed by atoms with Crippen molar-refractivity contribution in [1.29, 1.82) is 0 Å². The minimum absolute atomic E-state index is 0.0932. The summed E-state index contributed by atoms with van der Waals surface area (Å²) in [7, 11) is 1.70. The van der Waals surface area contributed by atoms with Gasteiger partial charge in [-0.3, -0.25) is 4.68 Å². The maximum atomic E-state index is 5.70. The molecule has 0 unspecified atom stereocenters. The molecule has 0 bridgehead atoms. The van der Waals surface area contributed by atoms with Gasteiger partial charge in [0.1, 0.15) is 0 Å². The highest BCUT2D eigenvalue weighted by atomic mass is 16.5. The molecule has 1 aromatic heterocycles. The van der Waals surface area contributed by atoms with Gasteiger partial charge in [-0.2, -0.15) is 5.10 Å². The van der Waals surface area contributed by atoms with Gasteiger partial charge in [0.15, 0.2) is 0 Å². The zero-order valence-electron chi connectivity index (χ0n) is 11.9. The van der Waals surface area contributed by atoms with Crippen LogP contribution in [-0.4, -0.2) is 42.2 Å². The molecular weight excluding hydrogens is 230 g/mol. The molecule has 0 fully saturated rings. The van der Waals surface area contributed by atoms with Crippen LogP contribution in [0.2, 0.25) is 0 Å². The highest BCUT2D eigenvalue weighted by Crippen LogP contribution is 2.07. The van der Waals surface area contributed by atoms with Gasteiger partial charge in [-0.15, -0.1) is 0 Å². The van der Waals surface area contributed by atoms with Crippen LogP contribution in [0.4, 0.5) is 0 Å². The lowest BCUT2D eigenvalue weighted by molar-refractivity contribution is -0.00818. The van der Waals surface area contributed by atoms with Crippen LogP contribution in [-0.2, 0) is 22.6 Å². The highest BCUT2D eigenvalue weighted by molar-refractivity contribution is 4.99. The SMILES string of the molecule is COCCNCc1ccnn1CCOC(C)(C)C. The molecule has 18 heavy (non-hydrogen) atoms. The average molecular weight is 255 g/mol. The summed E-state index contributed by atoms with van der Waals surface area (Å²) in [6.45, 7) is 10.0. The van der Waals surface area contributed by atoms with Gasteiger partial charge in [-0.25, -0.2) is 0 Å². The Morgan fingerprint density at radius 3 is 2.78 bits per heavy atom. The van der Waals surface area contributed by atoms with Crippen LogP contribution < -0.4 is 5.32 Å². The van der Waals surface area contributed by atoms with E-state index in [9.17, 15) is 0 Å². The van der Waals surface area contributed by atoms with E-state index in [1.165, 1.54) is 5.69 Å². The summed E-state index contributed by atoms with van der Waals surface area (Å²) in [6.07, 6.45) is 1.82. The van der Waals surface area contributed by atoms with Gasteiger partial charge in [-0.1, -0.05) is 0 Å². The molecule has 5 heteroatoms. The fourth-order valence-corrected chi connectivity index (χ4v) is 1.54. The van der Waals surface area contributed by atoms with Gasteiger partial charge in [-0.05, 0) is 26.8 Å². The van der Waals surface area contributed by atoms with E-state index in [0.717, 1.165) is 26.2 Å². The van der Waals surface area contributed by atoms with Gasteiger partial charge >= 0.3 is 0 Å². The lowest BCUT2D eigenvalue weighted by atomic mass is 10.2. The first-order valence-corrected chi connectivity index (χ1v) is 6.37. The Balaban J connectivity index is 2.31. The molecule has 1 N–H and O–H groups in total. The maximum Gasteiger partial charge on any atom is 0.0669 e. The number of hydrogen-bond donors (Lipinski definition) is 1. The molecule has 0 saturated carbocycles. The number of aromatic nitrogens is 2. The third-order valence-electron chi connectivity index (χ3n) is 2.43. The zero-order valence-corrected chi connectivity index (χ0v) is 11.9. The monoisotopic (exact) mass is 255 g/mol. The molecule has 0 saturated heterocycles. The first-order valence-electron chi connectivity index (χ1n) is 6.37. The predicted octanol–water partition coefficient (Wildman–Crippen LogP) is 1.43. The molecule has 0 aliphatic rings. The van der Waals surface area contributed by atoms with Crippen molar-refractivity contribution in [3.05, 3.63) is 18.0 Å². The topological polar surface area (TPSA) is 48.3 Å². The summed E-state index contributed by atoms with van der Waals surface area (Å²) in [6, 6.07) is 2.02. The van der Waals surface area contributed by atoms with Crippen LogP contribution in [0.25, 0.3) is 0 Å². The molecule has 104 valence electrons. The van der Waals surface area contributed by atoms with Crippen molar-refractivity contribution in [1.82, 2.24) is 15.1 Å². The summed E-state index contributed by atoms with van der Waals surface area (Å²) in [5.41, 5.74) is 1.08. The summed E-state index contributed by atoms with van der Waals surface area (Å²) >= 11 is 0. The van der Waals surface area contributed by atoms with Crippen molar-refractivity contribution in [2.45, 2.75) is 39.5 Å². The third kappa shape index (κ3) is 6.14. The molecule has 0 aromatic carbocycles. The van der Waals surface area contributed by atoms with E-state index >= 15 is 0 Å². The number of methoxy groups -OCH3 is 1. The second kappa shape index (κ2) is 7.51. The van der Waals surface area contributed by atoms with Crippen molar-refractivity contribution in [2.24, 2.45) is 0 Å². The second-order valence-electron chi connectivity index (χ2n) is 5.18. The Bertz CT molecular complexity index is 331. The van der Waals surface area contributed by atoms with Gasteiger partial charge in [0, 0.05) is 26.4 Å². The minimum Gasteiger partial charge on any atom is -0.383 e. The fourth-order valence-electron chi connectivity index (χ4n) is 1.54. The van der Waals surface area contributed by atoms with Gasteiger partial charge in [0.25, 0.3) is 0 Å². The number of nitrogens with zero attached hydrogens (tertiary/aromatic N) is 2. The molecule has 5 nitrogen and oxygen atoms in total. The average Bonchev–Trinajstić information content (AvgIpc) is 2.71. The number of hydrogen-bond acceptors (Lipinski definition) is 4. The van der Waals surface area contributed by atoms with Crippen LogP contribution in [0, 0.1) is 0 Å². The molecule has 0 aliphatic carbocycles. The maximum absolute atomic E-state index is 5.70. The summed E-state index contributed by atoms with van der Waals surface area (Å²) < 4.78 is 12.7. The van der Waals surface area contributed by atoms with Crippen LogP contribution >= 0.6 is 0 Å². The number of rotatable bonds is 8. The van der Waals surface area contributed by atoms with Crippen molar-refractivity contribution in [2.75, 3.05) is 26.9 Å². The highest BCUT2D eigenvalue weighted by Gasteiger charge is 2.10.